The number of carbonyl (C=O) groups excluding carboxylic acids is 1. The van der Waals surface area contributed by atoms with E-state index in [9.17, 15) is 4.79 Å². The molecule has 27 heavy (non-hydrogen) atoms. The van der Waals surface area contributed by atoms with Gasteiger partial charge in [-0.05, 0) is 36.2 Å². The predicted molar refractivity (Wildman–Crippen MR) is 107 cm³/mol. The normalized spacial score (nSPS) is 10.5. The summed E-state index contributed by atoms with van der Waals surface area (Å²) in [6.07, 6.45) is 3.94. The van der Waals surface area contributed by atoms with E-state index >= 15 is 0 Å². The third kappa shape index (κ3) is 4.49. The molecule has 3 rings (SSSR count). The molecule has 0 bridgehead atoms. The average Bonchev–Trinajstić information content (AvgIpc) is 3.20. The molecular formula is C20H20BrN3O3. The number of para-hydroxylation sites is 1. The van der Waals surface area contributed by atoms with E-state index in [1.807, 2.05) is 42.5 Å². The second-order valence-corrected chi connectivity index (χ2v) is 6.67. The van der Waals surface area contributed by atoms with Crippen LogP contribution < -0.4 is 14.8 Å². The molecule has 1 N–H and O–H groups in total. The zero-order valence-corrected chi connectivity index (χ0v) is 16.7. The van der Waals surface area contributed by atoms with Gasteiger partial charge in [0.15, 0.2) is 11.5 Å². The molecule has 0 radical (unpaired) electrons. The molecule has 6 nitrogen and oxygen atoms in total. The Balaban J connectivity index is 1.61. The summed E-state index contributed by atoms with van der Waals surface area (Å²) in [5, 5.41) is 7.17. The van der Waals surface area contributed by atoms with Crippen LogP contribution >= 0.6 is 15.9 Å². The van der Waals surface area contributed by atoms with E-state index in [1.54, 1.807) is 31.3 Å². The first-order chi connectivity index (χ1) is 13.1. The summed E-state index contributed by atoms with van der Waals surface area (Å²) in [6.45, 7) is 0.490. The van der Waals surface area contributed by atoms with Crippen molar-refractivity contribution in [1.82, 2.24) is 15.1 Å². The third-order valence-electron chi connectivity index (χ3n) is 4.10. The lowest BCUT2D eigenvalue weighted by molar-refractivity contribution is 0.0954. The van der Waals surface area contributed by atoms with Gasteiger partial charge in [-0.2, -0.15) is 5.10 Å². The number of halogens is 1. The highest BCUT2D eigenvalue weighted by molar-refractivity contribution is 9.10. The molecule has 0 atom stereocenters. The highest BCUT2D eigenvalue weighted by Gasteiger charge is 2.12. The minimum Gasteiger partial charge on any atom is -0.493 e. The average molecular weight is 430 g/mol. The Labute approximate surface area is 166 Å². The SMILES string of the molecule is COc1cc(Br)c(CCNC(=O)c2cnn(-c3ccccc3)c2)cc1OC. The minimum atomic E-state index is -0.159. The van der Waals surface area contributed by atoms with Gasteiger partial charge in [-0.1, -0.05) is 34.1 Å². The maximum absolute atomic E-state index is 12.4. The van der Waals surface area contributed by atoms with Gasteiger partial charge in [-0.25, -0.2) is 4.68 Å². The topological polar surface area (TPSA) is 65.4 Å². The summed E-state index contributed by atoms with van der Waals surface area (Å²) in [7, 11) is 3.20. The van der Waals surface area contributed by atoms with Crippen LogP contribution in [0.15, 0.2) is 59.3 Å². The lowest BCUT2D eigenvalue weighted by atomic mass is 10.1. The van der Waals surface area contributed by atoms with Crippen LogP contribution in [0.25, 0.3) is 5.69 Å². The van der Waals surface area contributed by atoms with E-state index in [1.165, 1.54) is 0 Å². The fourth-order valence-corrected chi connectivity index (χ4v) is 3.18. The molecule has 1 heterocycles. The second-order valence-electron chi connectivity index (χ2n) is 5.81. The fraction of sp³-hybridized carbons (Fsp3) is 0.200. The quantitative estimate of drug-likeness (QED) is 0.622. The molecule has 0 aliphatic carbocycles. The van der Waals surface area contributed by atoms with Crippen molar-refractivity contribution < 1.29 is 14.3 Å². The first-order valence-electron chi connectivity index (χ1n) is 8.41. The molecule has 0 saturated heterocycles. The van der Waals surface area contributed by atoms with Crippen LogP contribution in [-0.2, 0) is 6.42 Å². The number of methoxy groups -OCH3 is 2. The number of hydrogen-bond donors (Lipinski definition) is 1. The van der Waals surface area contributed by atoms with Gasteiger partial charge < -0.3 is 14.8 Å². The molecule has 0 saturated carbocycles. The number of rotatable bonds is 7. The van der Waals surface area contributed by atoms with Crippen LogP contribution in [0.1, 0.15) is 15.9 Å². The molecule has 1 aromatic heterocycles. The lowest BCUT2D eigenvalue weighted by Gasteiger charge is -2.12. The molecule has 0 unspecified atom stereocenters. The van der Waals surface area contributed by atoms with Gasteiger partial charge in [0, 0.05) is 17.2 Å². The molecular weight excluding hydrogens is 410 g/mol. The number of ether oxygens (including phenoxy) is 2. The Kier molecular flexibility index (Phi) is 6.13. The molecule has 0 fully saturated rings. The molecule has 7 heteroatoms. The second kappa shape index (κ2) is 8.73. The highest BCUT2D eigenvalue weighted by atomic mass is 79.9. The van der Waals surface area contributed by atoms with Crippen molar-refractivity contribution >= 4 is 21.8 Å². The molecule has 0 aliphatic heterocycles. The van der Waals surface area contributed by atoms with Crippen molar-refractivity contribution in [3.05, 3.63) is 70.5 Å². The van der Waals surface area contributed by atoms with E-state index in [0.717, 1.165) is 15.7 Å². The van der Waals surface area contributed by atoms with Crippen LogP contribution in [0.2, 0.25) is 0 Å². The van der Waals surface area contributed by atoms with Crippen LogP contribution in [0.3, 0.4) is 0 Å². The zero-order chi connectivity index (χ0) is 19.2. The monoisotopic (exact) mass is 429 g/mol. The number of hydrogen-bond acceptors (Lipinski definition) is 4. The van der Waals surface area contributed by atoms with Gasteiger partial charge in [-0.3, -0.25) is 4.79 Å². The van der Waals surface area contributed by atoms with Crippen molar-refractivity contribution in [2.75, 3.05) is 20.8 Å². The smallest absolute Gasteiger partial charge is 0.254 e. The van der Waals surface area contributed by atoms with E-state index in [4.69, 9.17) is 9.47 Å². The lowest BCUT2D eigenvalue weighted by Crippen LogP contribution is -2.25. The van der Waals surface area contributed by atoms with Gasteiger partial charge >= 0.3 is 0 Å². The molecule has 3 aromatic rings. The molecule has 0 spiro atoms. The Bertz CT molecular complexity index is 925. The number of nitrogens with zero attached hydrogens (tertiary/aromatic N) is 2. The minimum absolute atomic E-state index is 0.159. The summed E-state index contributed by atoms with van der Waals surface area (Å²) >= 11 is 3.53. The first kappa shape index (κ1) is 19.0. The maximum Gasteiger partial charge on any atom is 0.254 e. The van der Waals surface area contributed by atoms with Gasteiger partial charge in [0.25, 0.3) is 5.91 Å². The standard InChI is InChI=1S/C20H20BrN3O3/c1-26-18-10-14(17(21)11-19(18)27-2)8-9-22-20(25)15-12-23-24(13-15)16-6-4-3-5-7-16/h3-7,10-13H,8-9H2,1-2H3,(H,22,25). The summed E-state index contributed by atoms with van der Waals surface area (Å²) in [6, 6.07) is 13.4. The van der Waals surface area contributed by atoms with Gasteiger partial charge in [-0.15, -0.1) is 0 Å². The number of carbonyl (C=O) groups is 1. The van der Waals surface area contributed by atoms with Crippen molar-refractivity contribution in [3.63, 3.8) is 0 Å². The van der Waals surface area contributed by atoms with Crippen LogP contribution in [0.4, 0.5) is 0 Å². The van der Waals surface area contributed by atoms with E-state index < -0.39 is 0 Å². The van der Waals surface area contributed by atoms with Gasteiger partial charge in [0.2, 0.25) is 0 Å². The Morgan fingerprint density at radius 2 is 1.85 bits per heavy atom. The number of nitrogens with one attached hydrogen (secondary N) is 1. The van der Waals surface area contributed by atoms with E-state index in [-0.39, 0.29) is 5.91 Å². The Morgan fingerprint density at radius 3 is 2.56 bits per heavy atom. The van der Waals surface area contributed by atoms with E-state index in [2.05, 4.69) is 26.3 Å². The van der Waals surface area contributed by atoms with Gasteiger partial charge in [0.1, 0.15) is 0 Å². The summed E-state index contributed by atoms with van der Waals surface area (Å²) in [5.74, 6) is 1.16. The van der Waals surface area contributed by atoms with Crippen molar-refractivity contribution in [1.29, 1.82) is 0 Å². The van der Waals surface area contributed by atoms with Crippen molar-refractivity contribution in [2.24, 2.45) is 0 Å². The molecule has 2 aromatic carbocycles. The summed E-state index contributed by atoms with van der Waals surface area (Å²) < 4.78 is 13.2. The summed E-state index contributed by atoms with van der Waals surface area (Å²) in [4.78, 5) is 12.4. The van der Waals surface area contributed by atoms with Crippen LogP contribution in [0, 0.1) is 0 Å². The van der Waals surface area contributed by atoms with Crippen molar-refractivity contribution in [3.8, 4) is 17.2 Å². The summed E-state index contributed by atoms with van der Waals surface area (Å²) in [5.41, 5.74) is 2.45. The fourth-order valence-electron chi connectivity index (χ4n) is 2.66. The molecule has 0 aliphatic rings. The number of amides is 1. The molecule has 140 valence electrons. The maximum atomic E-state index is 12.4. The third-order valence-corrected chi connectivity index (χ3v) is 4.84. The largest absolute Gasteiger partial charge is 0.493 e. The zero-order valence-electron chi connectivity index (χ0n) is 15.1. The Hall–Kier alpha value is -2.80. The van der Waals surface area contributed by atoms with Crippen molar-refractivity contribution in [2.45, 2.75) is 6.42 Å². The highest BCUT2D eigenvalue weighted by Crippen LogP contribution is 2.33. The van der Waals surface area contributed by atoms with Gasteiger partial charge in [0.05, 0.1) is 31.7 Å². The molecule has 1 amide bonds. The number of aromatic nitrogens is 2. The van der Waals surface area contributed by atoms with Crippen LogP contribution in [-0.4, -0.2) is 36.5 Å². The van der Waals surface area contributed by atoms with Crippen LogP contribution in [0.5, 0.6) is 11.5 Å². The van der Waals surface area contributed by atoms with E-state index in [0.29, 0.717) is 30.0 Å². The predicted octanol–water partition coefficient (Wildman–Crippen LogP) is 3.62. The number of benzene rings is 2. The first-order valence-corrected chi connectivity index (χ1v) is 9.20. The Morgan fingerprint density at radius 1 is 1.15 bits per heavy atom.